The predicted molar refractivity (Wildman–Crippen MR) is 251 cm³/mol. The maximum absolute atomic E-state index is 15.9. The van der Waals surface area contributed by atoms with Crippen LogP contribution in [0.2, 0.25) is 0 Å². The second-order valence-corrected chi connectivity index (χ2v) is 25.1. The predicted octanol–water partition coefficient (Wildman–Crippen LogP) is 15.9. The van der Waals surface area contributed by atoms with Crippen LogP contribution in [0.25, 0.3) is 0 Å². The smallest absolute Gasteiger partial charge is 0.274 e. The van der Waals surface area contributed by atoms with Crippen molar-refractivity contribution in [1.29, 1.82) is 0 Å². The standard InChI is InChI=1S/C27H36Br12Cl3O4P/c1-16(40)25(4-19(34)10-28,5-20(35)11-29)44-47(43,45-26(17(2)41,6-21(36)12-30)7-22(37)13-31)46-27(18(3)42,8-23(38)14-32)9-24(39)15-33/h19-24H,1-15H2. The molecular weight excluding hydrogens is 1480 g/mol. The zero-order chi connectivity index (χ0) is 36.8. The zero-order valence-electron chi connectivity index (χ0n) is 24.8. The molecule has 20 heteroatoms. The van der Waals surface area contributed by atoms with Crippen molar-refractivity contribution in [3.8, 4) is 0 Å². The Morgan fingerprint density at radius 3 is 0.723 bits per heavy atom. The monoisotopic (exact) mass is 1510 g/mol. The molecular formula is C27H36Br12Cl3O4P. The van der Waals surface area contributed by atoms with Crippen LogP contribution >= 0.6 is 234 Å². The highest BCUT2D eigenvalue weighted by atomic mass is 79.9. The van der Waals surface area contributed by atoms with Gasteiger partial charge in [-0.2, -0.15) is 0 Å². The molecule has 0 fully saturated rings. The van der Waals surface area contributed by atoms with Crippen molar-refractivity contribution in [1.82, 2.24) is 0 Å². The molecule has 4 nitrogen and oxygen atoms in total. The van der Waals surface area contributed by atoms with Gasteiger partial charge in [-0.05, 0) is 38.5 Å². The molecule has 0 aliphatic carbocycles. The highest BCUT2D eigenvalue weighted by Crippen LogP contribution is 2.65. The average molecular weight is 1520 g/mol. The molecule has 0 aromatic rings. The van der Waals surface area contributed by atoms with E-state index in [9.17, 15) is 0 Å². The van der Waals surface area contributed by atoms with Crippen molar-refractivity contribution < 1.29 is 18.1 Å². The maximum atomic E-state index is 15.9. The first-order valence-corrected chi connectivity index (χ1v) is 28.5. The minimum atomic E-state index is -4.80. The van der Waals surface area contributed by atoms with E-state index in [0.29, 0.717) is 32.0 Å². The van der Waals surface area contributed by atoms with E-state index in [4.69, 9.17) is 48.4 Å². The van der Waals surface area contributed by atoms with Gasteiger partial charge in [-0.25, -0.2) is 4.57 Å². The Balaban J connectivity index is 8.00. The fourth-order valence-corrected chi connectivity index (χ4v) is 11.9. The molecule has 0 N–H and O–H groups in total. The topological polar surface area (TPSA) is 44.8 Å². The lowest BCUT2D eigenvalue weighted by molar-refractivity contribution is -0.0453. The van der Waals surface area contributed by atoms with Crippen LogP contribution in [0.3, 0.4) is 0 Å². The molecule has 0 amide bonds. The summed E-state index contributed by atoms with van der Waals surface area (Å²) in [5, 5.41) is 3.59. The summed E-state index contributed by atoms with van der Waals surface area (Å²) in [6.07, 6.45) is 1.54. The fourth-order valence-electron chi connectivity index (χ4n) is 4.46. The Hall–Kier alpha value is 5.96. The van der Waals surface area contributed by atoms with Crippen molar-refractivity contribution in [3.05, 3.63) is 34.8 Å². The van der Waals surface area contributed by atoms with E-state index in [-0.39, 0.29) is 82.6 Å². The van der Waals surface area contributed by atoms with Gasteiger partial charge in [-0.1, -0.05) is 246 Å². The van der Waals surface area contributed by atoms with Crippen LogP contribution in [0.5, 0.6) is 0 Å². The Kier molecular flexibility index (Phi) is 29.4. The Labute approximate surface area is 396 Å². The summed E-state index contributed by atoms with van der Waals surface area (Å²) in [4.78, 5) is -0.982. The molecule has 0 bridgehead atoms. The molecule has 0 aromatic carbocycles. The molecule has 0 spiro atoms. The van der Waals surface area contributed by atoms with Gasteiger partial charge in [0.1, 0.15) is 16.8 Å². The van der Waals surface area contributed by atoms with Gasteiger partial charge in [-0.15, -0.1) is 0 Å². The average Bonchev–Trinajstić information content (AvgIpc) is 2.99. The summed E-state index contributed by atoms with van der Waals surface area (Å²) in [7, 11) is -4.80. The third-order valence-electron chi connectivity index (χ3n) is 6.65. The lowest BCUT2D eigenvalue weighted by Crippen LogP contribution is -2.45. The van der Waals surface area contributed by atoms with Gasteiger partial charge in [0, 0.05) is 76.0 Å². The number of hydrogen-bond acceptors (Lipinski definition) is 4. The number of phosphoric ester groups is 1. The van der Waals surface area contributed by atoms with Gasteiger partial charge in [0.05, 0.1) is 0 Å². The van der Waals surface area contributed by atoms with E-state index < -0.39 is 24.6 Å². The van der Waals surface area contributed by atoms with Crippen molar-refractivity contribution in [2.24, 2.45) is 0 Å². The van der Waals surface area contributed by atoms with E-state index in [1.807, 2.05) is 0 Å². The lowest BCUT2D eigenvalue weighted by atomic mass is 9.92. The zero-order valence-corrected chi connectivity index (χ0v) is 47.0. The first-order valence-electron chi connectivity index (χ1n) is 13.7. The lowest BCUT2D eigenvalue weighted by Gasteiger charge is -2.45. The van der Waals surface area contributed by atoms with E-state index >= 15 is 4.57 Å². The Bertz CT molecular complexity index is 889. The van der Waals surface area contributed by atoms with Crippen LogP contribution in [-0.2, 0) is 18.1 Å². The number of phosphoric acid groups is 1. The van der Waals surface area contributed by atoms with Gasteiger partial charge in [0.15, 0.2) is 0 Å². The SMILES string of the molecule is C=C(Cl)C(CC(Br)CBr)(CC(Br)CBr)OP(=O)(OC(CC(Br)CBr)(CC(Br)CBr)C(=C)Cl)OC(CC(Br)CBr)(CC(Br)CBr)C(=C)Cl. The quantitative estimate of drug-likeness (QED) is 0.0607. The highest BCUT2D eigenvalue weighted by Gasteiger charge is 2.55. The van der Waals surface area contributed by atoms with Crippen LogP contribution in [0, 0.1) is 0 Å². The summed E-state index contributed by atoms with van der Waals surface area (Å²) >= 11 is 63.9. The molecule has 0 aromatic heterocycles. The fraction of sp³-hybridized carbons (Fsp3) is 0.778. The molecule has 0 aliphatic heterocycles. The van der Waals surface area contributed by atoms with Gasteiger partial charge in [0.2, 0.25) is 0 Å². The normalized spacial score (nSPS) is 21.2. The summed E-state index contributed by atoms with van der Waals surface area (Å²) in [6, 6.07) is 0. The van der Waals surface area contributed by atoms with Gasteiger partial charge >= 0.3 is 7.82 Å². The van der Waals surface area contributed by atoms with Crippen molar-refractivity contribution >= 4 is 234 Å². The van der Waals surface area contributed by atoms with Crippen LogP contribution in [0.4, 0.5) is 0 Å². The number of rotatable bonds is 27. The first kappa shape index (κ1) is 53.0. The van der Waals surface area contributed by atoms with Crippen molar-refractivity contribution in [3.63, 3.8) is 0 Å². The van der Waals surface area contributed by atoms with Gasteiger partial charge < -0.3 is 0 Å². The highest BCUT2D eigenvalue weighted by molar-refractivity contribution is 9.13. The summed E-state index contributed by atoms with van der Waals surface area (Å²) in [5.41, 5.74) is -4.30. The first-order chi connectivity index (χ1) is 21.7. The van der Waals surface area contributed by atoms with Crippen LogP contribution in [0.1, 0.15) is 38.5 Å². The molecule has 47 heavy (non-hydrogen) atoms. The summed E-state index contributed by atoms with van der Waals surface area (Å²) < 4.78 is 36.2. The Morgan fingerprint density at radius 2 is 0.617 bits per heavy atom. The van der Waals surface area contributed by atoms with Crippen molar-refractivity contribution in [2.45, 2.75) is 84.3 Å². The minimum absolute atomic E-state index is 0.113. The number of halogens is 15. The van der Waals surface area contributed by atoms with E-state index in [0.717, 1.165) is 0 Å². The van der Waals surface area contributed by atoms with Gasteiger partial charge in [-0.3, -0.25) is 13.6 Å². The molecule has 0 saturated heterocycles. The van der Waals surface area contributed by atoms with Crippen LogP contribution < -0.4 is 0 Å². The maximum Gasteiger partial charge on any atom is 0.477 e. The van der Waals surface area contributed by atoms with Crippen molar-refractivity contribution in [2.75, 3.05) is 32.0 Å². The van der Waals surface area contributed by atoms with Crippen LogP contribution in [-0.4, -0.2) is 77.7 Å². The van der Waals surface area contributed by atoms with Crippen LogP contribution in [0.15, 0.2) is 34.8 Å². The molecule has 0 aliphatic rings. The third-order valence-corrected chi connectivity index (χ3v) is 23.2. The van der Waals surface area contributed by atoms with Gasteiger partial charge in [0.25, 0.3) is 0 Å². The second-order valence-electron chi connectivity index (χ2n) is 10.7. The molecule has 0 saturated carbocycles. The molecule has 0 heterocycles. The third kappa shape index (κ3) is 18.4. The van der Waals surface area contributed by atoms with E-state index in [1.54, 1.807) is 0 Å². The molecule has 6 atom stereocenters. The number of alkyl halides is 12. The second kappa shape index (κ2) is 26.1. The Morgan fingerprint density at radius 1 is 0.468 bits per heavy atom. The molecule has 0 radical (unpaired) electrons. The minimum Gasteiger partial charge on any atom is -0.274 e. The summed E-state index contributed by atoms with van der Waals surface area (Å²) in [6.45, 7) is 12.3. The molecule has 278 valence electrons. The van der Waals surface area contributed by atoms with E-state index in [2.05, 4.69) is 211 Å². The largest absolute Gasteiger partial charge is 0.477 e. The van der Waals surface area contributed by atoms with E-state index in [1.165, 1.54) is 0 Å². The summed E-state index contributed by atoms with van der Waals surface area (Å²) in [5.74, 6) is 0. The number of hydrogen-bond donors (Lipinski definition) is 0. The molecule has 6 unspecified atom stereocenters. The molecule has 0 rings (SSSR count).